The van der Waals surface area contributed by atoms with E-state index >= 15 is 0 Å². The number of urea groups is 1. The number of nitrogens with zero attached hydrogens (tertiary/aromatic N) is 1. The second-order valence-electron chi connectivity index (χ2n) is 6.93. The Morgan fingerprint density at radius 1 is 1.21 bits per heavy atom. The van der Waals surface area contributed by atoms with Crippen LogP contribution in [0.1, 0.15) is 44.6 Å². The highest BCUT2D eigenvalue weighted by Crippen LogP contribution is 2.36. The van der Waals surface area contributed by atoms with Crippen molar-refractivity contribution in [3.05, 3.63) is 29.8 Å². The number of piperidine rings is 1. The van der Waals surface area contributed by atoms with Gasteiger partial charge in [-0.3, -0.25) is 5.32 Å². The van der Waals surface area contributed by atoms with E-state index in [0.29, 0.717) is 11.8 Å². The van der Waals surface area contributed by atoms with E-state index in [1.807, 2.05) is 18.7 Å². The number of amides is 2. The molecule has 3 N–H and O–H groups in total. The van der Waals surface area contributed by atoms with Crippen LogP contribution in [0.15, 0.2) is 24.3 Å². The van der Waals surface area contributed by atoms with Crippen LogP contribution in [0.4, 0.5) is 10.5 Å². The standard InChI is InChI=1S/C19H30N4O/c1-3-23(4-2)19(24)22-18-10-9-14(12-21-18)11-15-13-20-17-8-6-5-7-16(15)17/h5-8,14-15,18,20-21H,3-4,9-13H2,1-2H3,(H,22,24)/t14-,15?,18-/m0/s1. The van der Waals surface area contributed by atoms with Gasteiger partial charge in [0.25, 0.3) is 0 Å². The highest BCUT2D eigenvalue weighted by atomic mass is 16.2. The van der Waals surface area contributed by atoms with Gasteiger partial charge in [0, 0.05) is 31.2 Å². The fraction of sp³-hybridized carbons (Fsp3) is 0.632. The average molecular weight is 330 g/mol. The molecule has 1 unspecified atom stereocenters. The highest BCUT2D eigenvalue weighted by Gasteiger charge is 2.28. The van der Waals surface area contributed by atoms with Gasteiger partial charge in [0.15, 0.2) is 0 Å². The van der Waals surface area contributed by atoms with E-state index < -0.39 is 0 Å². The lowest BCUT2D eigenvalue weighted by Crippen LogP contribution is -2.53. The maximum atomic E-state index is 12.1. The summed E-state index contributed by atoms with van der Waals surface area (Å²) >= 11 is 0. The first kappa shape index (κ1) is 17.1. The Balaban J connectivity index is 1.45. The number of nitrogens with one attached hydrogen (secondary N) is 3. The van der Waals surface area contributed by atoms with Crippen LogP contribution >= 0.6 is 0 Å². The predicted molar refractivity (Wildman–Crippen MR) is 98.3 cm³/mol. The molecule has 24 heavy (non-hydrogen) atoms. The molecule has 1 aromatic carbocycles. The van der Waals surface area contributed by atoms with Gasteiger partial charge < -0.3 is 15.5 Å². The first-order chi connectivity index (χ1) is 11.7. The molecule has 1 aromatic rings. The van der Waals surface area contributed by atoms with Crippen LogP contribution in [0, 0.1) is 5.92 Å². The monoisotopic (exact) mass is 330 g/mol. The molecule has 0 aliphatic carbocycles. The molecule has 3 rings (SSSR count). The summed E-state index contributed by atoms with van der Waals surface area (Å²) in [5.74, 6) is 1.30. The van der Waals surface area contributed by atoms with E-state index in [-0.39, 0.29) is 12.2 Å². The first-order valence-corrected chi connectivity index (χ1v) is 9.32. The van der Waals surface area contributed by atoms with E-state index in [0.717, 1.165) is 32.6 Å². The van der Waals surface area contributed by atoms with E-state index in [9.17, 15) is 4.79 Å². The Morgan fingerprint density at radius 2 is 2.00 bits per heavy atom. The number of para-hydroxylation sites is 1. The van der Waals surface area contributed by atoms with Crippen molar-refractivity contribution in [1.29, 1.82) is 0 Å². The summed E-state index contributed by atoms with van der Waals surface area (Å²) in [5.41, 5.74) is 2.77. The molecule has 0 aromatic heterocycles. The van der Waals surface area contributed by atoms with E-state index in [1.54, 1.807) is 0 Å². The Bertz CT molecular complexity index is 550. The minimum atomic E-state index is 0.0462. The van der Waals surface area contributed by atoms with Crippen LogP contribution in [0.25, 0.3) is 0 Å². The van der Waals surface area contributed by atoms with Crippen LogP contribution in [0.5, 0.6) is 0 Å². The van der Waals surface area contributed by atoms with Crippen molar-refractivity contribution in [1.82, 2.24) is 15.5 Å². The third-order valence-electron chi connectivity index (χ3n) is 5.42. The van der Waals surface area contributed by atoms with Gasteiger partial charge in [-0.1, -0.05) is 18.2 Å². The fourth-order valence-corrected chi connectivity index (χ4v) is 3.96. The van der Waals surface area contributed by atoms with Crippen LogP contribution in [-0.4, -0.2) is 43.3 Å². The number of hydrogen-bond acceptors (Lipinski definition) is 3. The van der Waals surface area contributed by atoms with Crippen molar-refractivity contribution >= 4 is 11.7 Å². The van der Waals surface area contributed by atoms with Gasteiger partial charge in [-0.05, 0) is 57.2 Å². The minimum absolute atomic E-state index is 0.0462. The van der Waals surface area contributed by atoms with Crippen LogP contribution in [0.3, 0.4) is 0 Å². The van der Waals surface area contributed by atoms with Gasteiger partial charge >= 0.3 is 6.03 Å². The number of benzene rings is 1. The Morgan fingerprint density at radius 3 is 2.71 bits per heavy atom. The summed E-state index contributed by atoms with van der Waals surface area (Å²) in [6.45, 7) is 7.58. The number of anilines is 1. The molecule has 1 saturated heterocycles. The second-order valence-corrected chi connectivity index (χ2v) is 6.93. The molecule has 1 fully saturated rings. The van der Waals surface area contributed by atoms with Gasteiger partial charge in [-0.25, -0.2) is 4.79 Å². The Kier molecular flexibility index (Phi) is 5.61. The smallest absolute Gasteiger partial charge is 0.318 e. The van der Waals surface area contributed by atoms with Crippen LogP contribution < -0.4 is 16.0 Å². The molecule has 2 aliphatic heterocycles. The molecule has 0 bridgehead atoms. The second kappa shape index (κ2) is 7.88. The lowest BCUT2D eigenvalue weighted by Gasteiger charge is -2.33. The highest BCUT2D eigenvalue weighted by molar-refractivity contribution is 5.74. The summed E-state index contributed by atoms with van der Waals surface area (Å²) in [4.78, 5) is 14.0. The molecule has 2 amide bonds. The quantitative estimate of drug-likeness (QED) is 0.778. The zero-order chi connectivity index (χ0) is 16.9. The maximum absolute atomic E-state index is 12.1. The Hall–Kier alpha value is -1.75. The van der Waals surface area contributed by atoms with Crippen molar-refractivity contribution in [2.24, 2.45) is 5.92 Å². The molecule has 3 atom stereocenters. The maximum Gasteiger partial charge on any atom is 0.318 e. The van der Waals surface area contributed by atoms with Gasteiger partial charge in [0.05, 0.1) is 6.17 Å². The number of fused-ring (bicyclic) bond motifs is 1. The number of rotatable bonds is 5. The third-order valence-corrected chi connectivity index (χ3v) is 5.42. The number of carbonyl (C=O) groups excluding carboxylic acids is 1. The topological polar surface area (TPSA) is 56.4 Å². The predicted octanol–water partition coefficient (Wildman–Crippen LogP) is 2.96. The number of carbonyl (C=O) groups is 1. The summed E-state index contributed by atoms with van der Waals surface area (Å²) in [5, 5.41) is 10.2. The van der Waals surface area contributed by atoms with Crippen molar-refractivity contribution in [2.75, 3.05) is 31.5 Å². The molecule has 5 heteroatoms. The fourth-order valence-electron chi connectivity index (χ4n) is 3.96. The lowest BCUT2D eigenvalue weighted by molar-refractivity contribution is 0.186. The van der Waals surface area contributed by atoms with Crippen LogP contribution in [0.2, 0.25) is 0 Å². The zero-order valence-corrected chi connectivity index (χ0v) is 14.8. The molecular formula is C19H30N4O. The first-order valence-electron chi connectivity index (χ1n) is 9.32. The molecule has 0 spiro atoms. The van der Waals surface area contributed by atoms with Gasteiger partial charge in [0.2, 0.25) is 0 Å². The summed E-state index contributed by atoms with van der Waals surface area (Å²) in [7, 11) is 0. The van der Waals surface area contributed by atoms with E-state index in [1.165, 1.54) is 24.1 Å². The summed E-state index contributed by atoms with van der Waals surface area (Å²) in [6, 6.07) is 8.71. The molecule has 5 nitrogen and oxygen atoms in total. The van der Waals surface area contributed by atoms with Crippen molar-refractivity contribution in [3.63, 3.8) is 0 Å². The molecule has 0 saturated carbocycles. The molecular weight excluding hydrogens is 300 g/mol. The van der Waals surface area contributed by atoms with Crippen molar-refractivity contribution in [2.45, 2.75) is 45.2 Å². The molecule has 132 valence electrons. The number of hydrogen-bond donors (Lipinski definition) is 3. The summed E-state index contributed by atoms with van der Waals surface area (Å²) in [6.07, 6.45) is 3.52. The van der Waals surface area contributed by atoms with Gasteiger partial charge in [-0.2, -0.15) is 0 Å². The van der Waals surface area contributed by atoms with Crippen molar-refractivity contribution < 1.29 is 4.79 Å². The Labute approximate surface area is 145 Å². The normalized spacial score (nSPS) is 25.7. The van der Waals surface area contributed by atoms with E-state index in [4.69, 9.17) is 0 Å². The lowest BCUT2D eigenvalue weighted by atomic mass is 9.85. The van der Waals surface area contributed by atoms with Crippen molar-refractivity contribution in [3.8, 4) is 0 Å². The van der Waals surface area contributed by atoms with Crippen LogP contribution in [-0.2, 0) is 0 Å². The van der Waals surface area contributed by atoms with E-state index in [2.05, 4.69) is 40.2 Å². The summed E-state index contributed by atoms with van der Waals surface area (Å²) < 4.78 is 0. The van der Waals surface area contributed by atoms with Gasteiger partial charge in [-0.15, -0.1) is 0 Å². The largest absolute Gasteiger partial charge is 0.384 e. The molecule has 0 radical (unpaired) electrons. The SMILES string of the molecule is CCN(CC)C(=O)N[C@H]1CC[C@@H](CC2CNc3ccccc32)CN1. The average Bonchev–Trinajstić information content (AvgIpc) is 3.01. The minimum Gasteiger partial charge on any atom is -0.384 e. The zero-order valence-electron chi connectivity index (χ0n) is 14.8. The molecule has 2 heterocycles. The molecule has 2 aliphatic rings. The van der Waals surface area contributed by atoms with Gasteiger partial charge in [0.1, 0.15) is 0 Å². The third kappa shape index (κ3) is 3.83.